The van der Waals surface area contributed by atoms with Crippen molar-refractivity contribution in [3.8, 4) is 0 Å². The summed E-state index contributed by atoms with van der Waals surface area (Å²) in [5.41, 5.74) is 1.60. The zero-order valence-electron chi connectivity index (χ0n) is 13.1. The van der Waals surface area contributed by atoms with E-state index in [2.05, 4.69) is 20.2 Å². The van der Waals surface area contributed by atoms with Gasteiger partial charge < -0.3 is 15.0 Å². The molecule has 122 valence electrons. The molecule has 0 radical (unpaired) electrons. The Morgan fingerprint density at radius 2 is 2.22 bits per heavy atom. The fourth-order valence-electron chi connectivity index (χ4n) is 2.43. The van der Waals surface area contributed by atoms with Gasteiger partial charge in [-0.3, -0.25) is 4.79 Å². The van der Waals surface area contributed by atoms with Gasteiger partial charge in [0.1, 0.15) is 5.82 Å². The summed E-state index contributed by atoms with van der Waals surface area (Å²) in [6.45, 7) is 5.68. The molecule has 3 heterocycles. The molecule has 0 bridgehead atoms. The zero-order chi connectivity index (χ0) is 16.1. The predicted octanol–water partition coefficient (Wildman–Crippen LogP) is 1.66. The van der Waals surface area contributed by atoms with Crippen LogP contribution in [0.15, 0.2) is 23.7 Å². The third-order valence-corrected chi connectivity index (χ3v) is 4.50. The molecule has 7 heteroatoms. The van der Waals surface area contributed by atoms with Crippen LogP contribution in [0.4, 0.5) is 5.82 Å². The molecule has 1 saturated heterocycles. The number of rotatable bonds is 5. The molecule has 0 spiro atoms. The molecule has 1 amide bonds. The van der Waals surface area contributed by atoms with E-state index in [1.807, 2.05) is 24.4 Å². The second-order valence-electron chi connectivity index (χ2n) is 5.37. The molecule has 0 unspecified atom stereocenters. The van der Waals surface area contributed by atoms with Crippen LogP contribution in [0, 0.1) is 6.92 Å². The van der Waals surface area contributed by atoms with Gasteiger partial charge >= 0.3 is 0 Å². The van der Waals surface area contributed by atoms with Gasteiger partial charge in [-0.15, -0.1) is 11.3 Å². The molecule has 0 aromatic carbocycles. The first-order valence-electron chi connectivity index (χ1n) is 7.70. The first-order valence-corrected chi connectivity index (χ1v) is 8.58. The predicted molar refractivity (Wildman–Crippen MR) is 90.2 cm³/mol. The molecule has 1 fully saturated rings. The van der Waals surface area contributed by atoms with Crippen LogP contribution in [-0.2, 0) is 11.2 Å². The van der Waals surface area contributed by atoms with Crippen molar-refractivity contribution >= 4 is 23.1 Å². The molecule has 0 aliphatic carbocycles. The Morgan fingerprint density at radius 1 is 1.39 bits per heavy atom. The molecule has 3 rings (SSSR count). The van der Waals surface area contributed by atoms with Gasteiger partial charge in [0.15, 0.2) is 0 Å². The van der Waals surface area contributed by atoms with E-state index in [0.717, 1.165) is 49.2 Å². The maximum Gasteiger partial charge on any atom is 0.252 e. The van der Waals surface area contributed by atoms with Crippen LogP contribution in [0.1, 0.15) is 21.1 Å². The van der Waals surface area contributed by atoms with Crippen LogP contribution in [0.2, 0.25) is 0 Å². The third-order valence-electron chi connectivity index (χ3n) is 3.68. The van der Waals surface area contributed by atoms with Gasteiger partial charge in [-0.2, -0.15) is 0 Å². The van der Waals surface area contributed by atoms with E-state index in [0.29, 0.717) is 12.1 Å². The monoisotopic (exact) mass is 332 g/mol. The SMILES string of the molecule is Cc1nc(CCNC(=O)c2ccc(N3CCOCC3)nc2)cs1. The van der Waals surface area contributed by atoms with Crippen molar-refractivity contribution in [2.45, 2.75) is 13.3 Å². The number of aromatic nitrogens is 2. The number of anilines is 1. The van der Waals surface area contributed by atoms with E-state index in [-0.39, 0.29) is 5.91 Å². The van der Waals surface area contributed by atoms with Crippen molar-refractivity contribution < 1.29 is 9.53 Å². The van der Waals surface area contributed by atoms with Crippen LogP contribution < -0.4 is 10.2 Å². The van der Waals surface area contributed by atoms with Crippen molar-refractivity contribution in [1.29, 1.82) is 0 Å². The number of aryl methyl sites for hydroxylation is 1. The quantitative estimate of drug-likeness (QED) is 0.902. The summed E-state index contributed by atoms with van der Waals surface area (Å²) in [5.74, 6) is 0.792. The minimum absolute atomic E-state index is 0.0991. The van der Waals surface area contributed by atoms with E-state index in [9.17, 15) is 4.79 Å². The molecule has 1 N–H and O–H groups in total. The molecule has 1 aliphatic rings. The topological polar surface area (TPSA) is 67.4 Å². The lowest BCUT2D eigenvalue weighted by Gasteiger charge is -2.27. The van der Waals surface area contributed by atoms with Gasteiger partial charge in [-0.1, -0.05) is 0 Å². The van der Waals surface area contributed by atoms with Crippen LogP contribution in [0.5, 0.6) is 0 Å². The summed E-state index contributed by atoms with van der Waals surface area (Å²) in [4.78, 5) is 23.1. The summed E-state index contributed by atoms with van der Waals surface area (Å²) < 4.78 is 5.33. The number of hydrogen-bond donors (Lipinski definition) is 1. The van der Waals surface area contributed by atoms with E-state index in [4.69, 9.17) is 4.74 Å². The van der Waals surface area contributed by atoms with E-state index in [1.54, 1.807) is 17.5 Å². The normalized spacial score (nSPS) is 14.7. The summed E-state index contributed by atoms with van der Waals surface area (Å²) in [6.07, 6.45) is 2.38. The highest BCUT2D eigenvalue weighted by atomic mass is 32.1. The minimum atomic E-state index is -0.0991. The lowest BCUT2D eigenvalue weighted by atomic mass is 10.2. The fourth-order valence-corrected chi connectivity index (χ4v) is 3.08. The Morgan fingerprint density at radius 3 is 2.87 bits per heavy atom. The number of hydrogen-bond acceptors (Lipinski definition) is 6. The molecular weight excluding hydrogens is 312 g/mol. The number of thiazole rings is 1. The van der Waals surface area contributed by atoms with Crippen molar-refractivity contribution in [2.75, 3.05) is 37.7 Å². The van der Waals surface area contributed by atoms with Crippen molar-refractivity contribution in [3.63, 3.8) is 0 Å². The average molecular weight is 332 g/mol. The molecule has 0 saturated carbocycles. The van der Waals surface area contributed by atoms with Crippen molar-refractivity contribution in [2.24, 2.45) is 0 Å². The number of pyridine rings is 1. The highest BCUT2D eigenvalue weighted by Gasteiger charge is 2.13. The standard InChI is InChI=1S/C16H20N4O2S/c1-12-19-14(11-23-12)4-5-17-16(21)13-2-3-15(18-10-13)20-6-8-22-9-7-20/h2-3,10-11H,4-9H2,1H3,(H,17,21). The second kappa shape index (κ2) is 7.52. The fraction of sp³-hybridized carbons (Fsp3) is 0.438. The minimum Gasteiger partial charge on any atom is -0.378 e. The lowest BCUT2D eigenvalue weighted by Crippen LogP contribution is -2.36. The number of nitrogens with one attached hydrogen (secondary N) is 1. The van der Waals surface area contributed by atoms with Gasteiger partial charge in [0.05, 0.1) is 29.5 Å². The van der Waals surface area contributed by atoms with Gasteiger partial charge in [-0.05, 0) is 19.1 Å². The van der Waals surface area contributed by atoms with Crippen LogP contribution >= 0.6 is 11.3 Å². The van der Waals surface area contributed by atoms with Crippen molar-refractivity contribution in [1.82, 2.24) is 15.3 Å². The molecule has 0 atom stereocenters. The highest BCUT2D eigenvalue weighted by Crippen LogP contribution is 2.13. The Labute approximate surface area is 139 Å². The summed E-state index contributed by atoms with van der Waals surface area (Å²) >= 11 is 1.63. The number of amides is 1. The maximum absolute atomic E-state index is 12.1. The molecule has 2 aromatic rings. The Hall–Kier alpha value is -1.99. The number of morpholine rings is 1. The zero-order valence-corrected chi connectivity index (χ0v) is 13.9. The number of carbonyl (C=O) groups excluding carboxylic acids is 1. The van der Waals surface area contributed by atoms with Crippen LogP contribution in [0.25, 0.3) is 0 Å². The number of nitrogens with zero attached hydrogens (tertiary/aromatic N) is 3. The van der Waals surface area contributed by atoms with Gasteiger partial charge in [0.25, 0.3) is 5.91 Å². The molecule has 23 heavy (non-hydrogen) atoms. The van der Waals surface area contributed by atoms with Crippen LogP contribution in [-0.4, -0.2) is 48.7 Å². The Balaban J connectivity index is 1.50. The number of carbonyl (C=O) groups is 1. The first kappa shape index (κ1) is 15.9. The van der Waals surface area contributed by atoms with Gasteiger partial charge in [0.2, 0.25) is 0 Å². The van der Waals surface area contributed by atoms with E-state index in [1.165, 1.54) is 0 Å². The first-order chi connectivity index (χ1) is 11.2. The average Bonchev–Trinajstić information content (AvgIpc) is 3.01. The summed E-state index contributed by atoms with van der Waals surface area (Å²) in [5, 5.41) is 5.99. The summed E-state index contributed by atoms with van der Waals surface area (Å²) in [6, 6.07) is 3.71. The second-order valence-corrected chi connectivity index (χ2v) is 6.43. The Bertz CT molecular complexity index is 650. The smallest absolute Gasteiger partial charge is 0.252 e. The molecule has 1 aliphatic heterocycles. The van der Waals surface area contributed by atoms with Gasteiger partial charge in [0, 0.05) is 37.6 Å². The highest BCUT2D eigenvalue weighted by molar-refractivity contribution is 7.09. The Kier molecular flexibility index (Phi) is 5.19. The number of ether oxygens (including phenoxy) is 1. The molecule has 6 nitrogen and oxygen atoms in total. The van der Waals surface area contributed by atoms with Crippen LogP contribution in [0.3, 0.4) is 0 Å². The molecule has 2 aromatic heterocycles. The third kappa shape index (κ3) is 4.27. The van der Waals surface area contributed by atoms with Crippen molar-refractivity contribution in [3.05, 3.63) is 40.0 Å². The van der Waals surface area contributed by atoms with E-state index >= 15 is 0 Å². The lowest BCUT2D eigenvalue weighted by molar-refractivity contribution is 0.0953. The van der Waals surface area contributed by atoms with Gasteiger partial charge in [-0.25, -0.2) is 9.97 Å². The van der Waals surface area contributed by atoms with E-state index < -0.39 is 0 Å². The summed E-state index contributed by atoms with van der Waals surface area (Å²) in [7, 11) is 0. The maximum atomic E-state index is 12.1. The molecular formula is C16H20N4O2S. The largest absolute Gasteiger partial charge is 0.378 e.